The third kappa shape index (κ3) is 2.61. The van der Waals surface area contributed by atoms with Crippen molar-refractivity contribution in [2.24, 2.45) is 0 Å². The van der Waals surface area contributed by atoms with Crippen LogP contribution in [0.3, 0.4) is 0 Å². The summed E-state index contributed by atoms with van der Waals surface area (Å²) in [5.74, 6) is 0.404. The van der Waals surface area contributed by atoms with Crippen LogP contribution in [-0.2, 0) is 0 Å². The van der Waals surface area contributed by atoms with Gasteiger partial charge in [-0.1, -0.05) is 17.3 Å². The molecule has 0 unspecified atom stereocenters. The zero-order chi connectivity index (χ0) is 14.7. The van der Waals surface area contributed by atoms with Crippen molar-refractivity contribution in [3.05, 3.63) is 45.3 Å². The first kappa shape index (κ1) is 13.6. The van der Waals surface area contributed by atoms with Crippen molar-refractivity contribution in [3.8, 4) is 11.5 Å². The van der Waals surface area contributed by atoms with Crippen LogP contribution in [0.25, 0.3) is 12.2 Å². The summed E-state index contributed by atoms with van der Waals surface area (Å²) < 4.78 is 9.88. The number of phenolic OH excluding ortho intramolecular Hbond substituents is 1. The lowest BCUT2D eigenvalue weighted by Crippen LogP contribution is -1.90. The van der Waals surface area contributed by atoms with Gasteiger partial charge in [0.1, 0.15) is 0 Å². The van der Waals surface area contributed by atoms with E-state index in [0.717, 1.165) is 0 Å². The second kappa shape index (κ2) is 5.43. The van der Waals surface area contributed by atoms with E-state index in [-0.39, 0.29) is 22.9 Å². The minimum atomic E-state index is -0.539. The minimum Gasteiger partial charge on any atom is -0.504 e. The highest BCUT2D eigenvalue weighted by molar-refractivity contribution is 5.72. The van der Waals surface area contributed by atoms with E-state index in [1.165, 1.54) is 26.2 Å². The summed E-state index contributed by atoms with van der Waals surface area (Å²) in [6, 6.07) is 4.71. The Bertz CT molecular complexity index is 675. The number of phenols is 1. The van der Waals surface area contributed by atoms with E-state index in [0.29, 0.717) is 11.3 Å². The second-order valence-electron chi connectivity index (χ2n) is 4.00. The van der Waals surface area contributed by atoms with Crippen LogP contribution >= 0.6 is 0 Å². The zero-order valence-electron chi connectivity index (χ0n) is 10.9. The van der Waals surface area contributed by atoms with E-state index < -0.39 is 4.92 Å². The van der Waals surface area contributed by atoms with Gasteiger partial charge >= 0.3 is 5.69 Å². The van der Waals surface area contributed by atoms with Gasteiger partial charge in [0.15, 0.2) is 17.2 Å². The summed E-state index contributed by atoms with van der Waals surface area (Å²) in [7, 11) is 1.44. The fraction of sp³-hybridized carbons (Fsp3) is 0.154. The molecule has 20 heavy (non-hydrogen) atoms. The van der Waals surface area contributed by atoms with Crippen LogP contribution in [0.1, 0.15) is 17.0 Å². The first-order chi connectivity index (χ1) is 9.52. The van der Waals surface area contributed by atoms with Crippen molar-refractivity contribution in [3.63, 3.8) is 0 Å². The van der Waals surface area contributed by atoms with Crippen molar-refractivity contribution < 1.29 is 19.3 Å². The maximum atomic E-state index is 10.9. The van der Waals surface area contributed by atoms with Crippen molar-refractivity contribution in [2.75, 3.05) is 7.11 Å². The van der Waals surface area contributed by atoms with E-state index in [4.69, 9.17) is 9.26 Å². The summed E-state index contributed by atoms with van der Waals surface area (Å²) >= 11 is 0. The molecule has 0 saturated heterocycles. The van der Waals surface area contributed by atoms with Crippen molar-refractivity contribution in [1.82, 2.24) is 5.16 Å². The molecule has 7 heteroatoms. The van der Waals surface area contributed by atoms with Gasteiger partial charge in [0.2, 0.25) is 5.76 Å². The number of benzene rings is 1. The largest absolute Gasteiger partial charge is 0.504 e. The topological polar surface area (TPSA) is 98.6 Å². The number of methoxy groups -OCH3 is 1. The fourth-order valence-corrected chi connectivity index (χ4v) is 1.68. The highest BCUT2D eigenvalue weighted by Crippen LogP contribution is 2.28. The predicted octanol–water partition coefficient (Wildman–Crippen LogP) is 2.78. The van der Waals surface area contributed by atoms with Crippen molar-refractivity contribution in [2.45, 2.75) is 6.92 Å². The number of ether oxygens (including phenoxy) is 1. The van der Waals surface area contributed by atoms with Crippen LogP contribution in [0.2, 0.25) is 0 Å². The molecular formula is C13H12N2O5. The van der Waals surface area contributed by atoms with E-state index in [9.17, 15) is 15.2 Å². The van der Waals surface area contributed by atoms with Crippen LogP contribution in [0.4, 0.5) is 5.69 Å². The highest BCUT2D eigenvalue weighted by atomic mass is 16.6. The molecule has 7 nitrogen and oxygen atoms in total. The van der Waals surface area contributed by atoms with Gasteiger partial charge in [-0.2, -0.15) is 0 Å². The molecule has 0 aliphatic heterocycles. The number of aromatic nitrogens is 1. The van der Waals surface area contributed by atoms with Gasteiger partial charge in [-0.15, -0.1) is 0 Å². The van der Waals surface area contributed by atoms with Gasteiger partial charge in [-0.3, -0.25) is 10.1 Å². The molecule has 0 bridgehead atoms. The van der Waals surface area contributed by atoms with E-state index in [2.05, 4.69) is 5.16 Å². The number of hydrogen-bond acceptors (Lipinski definition) is 6. The lowest BCUT2D eigenvalue weighted by atomic mass is 10.1. The maximum Gasteiger partial charge on any atom is 0.338 e. The van der Waals surface area contributed by atoms with E-state index in [1.54, 1.807) is 18.2 Å². The third-order valence-corrected chi connectivity index (χ3v) is 2.67. The maximum absolute atomic E-state index is 10.9. The molecule has 0 aliphatic rings. The summed E-state index contributed by atoms with van der Waals surface area (Å²) in [4.78, 5) is 10.3. The SMILES string of the molecule is COc1cc(C=Cc2onc(C)c2[N+](=O)[O-])ccc1O. The molecule has 0 radical (unpaired) electrons. The molecule has 1 aromatic carbocycles. The van der Waals surface area contributed by atoms with Gasteiger partial charge in [0, 0.05) is 0 Å². The first-order valence-electron chi connectivity index (χ1n) is 5.68. The fourth-order valence-electron chi connectivity index (χ4n) is 1.68. The quantitative estimate of drug-likeness (QED) is 0.681. The van der Waals surface area contributed by atoms with Gasteiger partial charge in [0.25, 0.3) is 0 Å². The Morgan fingerprint density at radius 1 is 1.45 bits per heavy atom. The van der Waals surface area contributed by atoms with E-state index in [1.807, 2.05) is 0 Å². The number of rotatable bonds is 4. The molecular weight excluding hydrogens is 264 g/mol. The molecule has 1 aromatic heterocycles. The van der Waals surface area contributed by atoms with Gasteiger partial charge in [-0.05, 0) is 30.7 Å². The van der Waals surface area contributed by atoms with Gasteiger partial charge in [-0.25, -0.2) is 0 Å². The molecule has 1 heterocycles. The zero-order valence-corrected chi connectivity index (χ0v) is 10.9. The van der Waals surface area contributed by atoms with Crippen LogP contribution in [0, 0.1) is 17.0 Å². The number of hydrogen-bond donors (Lipinski definition) is 1. The van der Waals surface area contributed by atoms with Crippen LogP contribution in [0.5, 0.6) is 11.5 Å². The molecule has 104 valence electrons. The molecule has 1 N–H and O–H groups in total. The first-order valence-corrected chi connectivity index (χ1v) is 5.68. The Morgan fingerprint density at radius 2 is 2.20 bits per heavy atom. The minimum absolute atomic E-state index is 0.0196. The molecule has 0 aliphatic carbocycles. The Hall–Kier alpha value is -2.83. The molecule has 2 aromatic rings. The standard InChI is InChI=1S/C13H12N2O5/c1-8-13(15(17)18)11(20-14-8)6-4-9-3-5-10(16)12(7-9)19-2/h3-7,16H,1-2H3. The molecule has 2 rings (SSSR count). The number of aromatic hydroxyl groups is 1. The van der Waals surface area contributed by atoms with Crippen LogP contribution < -0.4 is 4.74 Å². The lowest BCUT2D eigenvalue weighted by molar-refractivity contribution is -0.386. The summed E-state index contributed by atoms with van der Waals surface area (Å²) in [6.07, 6.45) is 3.05. The lowest BCUT2D eigenvalue weighted by Gasteiger charge is -2.03. The Labute approximate surface area is 114 Å². The summed E-state index contributed by atoms with van der Waals surface area (Å²) in [6.45, 7) is 1.50. The number of nitro groups is 1. The van der Waals surface area contributed by atoms with Crippen LogP contribution in [0.15, 0.2) is 22.7 Å². The molecule has 0 atom stereocenters. The molecule has 0 saturated carbocycles. The Balaban J connectivity index is 2.32. The summed E-state index contributed by atoms with van der Waals surface area (Å²) in [5, 5.41) is 23.9. The van der Waals surface area contributed by atoms with Gasteiger partial charge < -0.3 is 14.4 Å². The Kier molecular flexibility index (Phi) is 3.69. The van der Waals surface area contributed by atoms with E-state index >= 15 is 0 Å². The third-order valence-electron chi connectivity index (χ3n) is 2.67. The van der Waals surface area contributed by atoms with Crippen molar-refractivity contribution in [1.29, 1.82) is 0 Å². The molecule has 0 amide bonds. The average molecular weight is 276 g/mol. The monoisotopic (exact) mass is 276 g/mol. The van der Waals surface area contributed by atoms with Crippen molar-refractivity contribution >= 4 is 17.8 Å². The summed E-state index contributed by atoms with van der Waals surface area (Å²) in [5.41, 5.74) is 0.757. The second-order valence-corrected chi connectivity index (χ2v) is 4.00. The molecule has 0 fully saturated rings. The number of nitrogens with zero attached hydrogens (tertiary/aromatic N) is 2. The van der Waals surface area contributed by atoms with Gasteiger partial charge in [0.05, 0.1) is 12.0 Å². The smallest absolute Gasteiger partial charge is 0.338 e. The number of aryl methyl sites for hydroxylation is 1. The predicted molar refractivity (Wildman–Crippen MR) is 71.5 cm³/mol. The normalized spacial score (nSPS) is 10.9. The molecule has 0 spiro atoms. The Morgan fingerprint density at radius 3 is 2.85 bits per heavy atom. The average Bonchev–Trinajstić information content (AvgIpc) is 2.79. The highest BCUT2D eigenvalue weighted by Gasteiger charge is 2.21. The van der Waals surface area contributed by atoms with Crippen LogP contribution in [-0.4, -0.2) is 22.3 Å².